The van der Waals surface area contributed by atoms with Crippen molar-refractivity contribution in [2.45, 2.75) is 20.0 Å². The highest BCUT2D eigenvalue weighted by atomic mass is 16.6. The van der Waals surface area contributed by atoms with Gasteiger partial charge in [-0.05, 0) is 38.1 Å². The van der Waals surface area contributed by atoms with E-state index in [-0.39, 0.29) is 6.61 Å². The zero-order chi connectivity index (χ0) is 20.1. The summed E-state index contributed by atoms with van der Waals surface area (Å²) in [5, 5.41) is 4.36. The van der Waals surface area contributed by atoms with E-state index in [1.165, 1.54) is 6.21 Å². The lowest BCUT2D eigenvalue weighted by molar-refractivity contribution is -0.150. The van der Waals surface area contributed by atoms with Crippen molar-refractivity contribution in [2.75, 3.05) is 6.61 Å². The predicted molar refractivity (Wildman–Crippen MR) is 105 cm³/mol. The van der Waals surface area contributed by atoms with Crippen LogP contribution in [0.5, 0.6) is 5.75 Å². The number of benzene rings is 2. The first kappa shape index (κ1) is 19.1. The first-order valence-electron chi connectivity index (χ1n) is 8.72. The molecule has 0 saturated carbocycles. The first-order chi connectivity index (χ1) is 13.5. The Morgan fingerprint density at radius 3 is 2.68 bits per heavy atom. The molecule has 1 heterocycles. The topological polar surface area (TPSA) is 103 Å². The number of nitrogens with zero attached hydrogens (tertiary/aromatic N) is 2. The number of nitrogens with one attached hydrogen (secondary N) is 1. The molecule has 2 aromatic carbocycles. The van der Waals surface area contributed by atoms with E-state index in [1.807, 2.05) is 0 Å². The van der Waals surface area contributed by atoms with Crippen LogP contribution >= 0.6 is 0 Å². The molecular formula is C20H19N3O5. The fourth-order valence-electron chi connectivity index (χ4n) is 2.57. The number of rotatable bonds is 6. The lowest BCUT2D eigenvalue weighted by Crippen LogP contribution is -2.32. The molecule has 0 fully saturated rings. The quantitative estimate of drug-likeness (QED) is 0.519. The zero-order valence-corrected chi connectivity index (χ0v) is 15.4. The van der Waals surface area contributed by atoms with Gasteiger partial charge in [0, 0.05) is 5.56 Å². The van der Waals surface area contributed by atoms with Crippen LogP contribution in [0.25, 0.3) is 10.9 Å². The minimum absolute atomic E-state index is 0.253. The molecule has 0 spiro atoms. The number of aromatic nitrogens is 2. The maximum absolute atomic E-state index is 12.5. The highest BCUT2D eigenvalue weighted by Gasteiger charge is 2.17. The molecule has 0 aliphatic rings. The molecule has 8 nitrogen and oxygen atoms in total. The van der Waals surface area contributed by atoms with Gasteiger partial charge in [0.25, 0.3) is 5.56 Å². The van der Waals surface area contributed by atoms with E-state index in [0.29, 0.717) is 22.2 Å². The molecule has 144 valence electrons. The van der Waals surface area contributed by atoms with Crippen LogP contribution in [0, 0.1) is 0 Å². The third kappa shape index (κ3) is 4.01. The van der Waals surface area contributed by atoms with E-state index in [1.54, 1.807) is 62.4 Å². The molecule has 0 aliphatic carbocycles. The van der Waals surface area contributed by atoms with E-state index < -0.39 is 23.3 Å². The summed E-state index contributed by atoms with van der Waals surface area (Å²) < 4.78 is 11.3. The smallest absolute Gasteiger partial charge is 0.349 e. The van der Waals surface area contributed by atoms with Gasteiger partial charge >= 0.3 is 11.7 Å². The summed E-state index contributed by atoms with van der Waals surface area (Å²) in [6.45, 7) is 3.54. The van der Waals surface area contributed by atoms with Crippen molar-refractivity contribution in [1.29, 1.82) is 0 Å². The van der Waals surface area contributed by atoms with Crippen molar-refractivity contribution in [1.82, 2.24) is 9.66 Å². The molecule has 0 amide bonds. The highest BCUT2D eigenvalue weighted by Crippen LogP contribution is 2.18. The third-order valence-corrected chi connectivity index (χ3v) is 3.94. The molecule has 1 N–H and O–H groups in total. The molecule has 3 aromatic rings. The number of para-hydroxylation sites is 2. The van der Waals surface area contributed by atoms with Gasteiger partial charge in [-0.15, -0.1) is 4.68 Å². The molecule has 3 rings (SSSR count). The van der Waals surface area contributed by atoms with Gasteiger partial charge in [0.2, 0.25) is 0 Å². The van der Waals surface area contributed by atoms with Crippen LogP contribution < -0.4 is 16.0 Å². The second-order valence-electron chi connectivity index (χ2n) is 5.89. The fourth-order valence-corrected chi connectivity index (χ4v) is 2.57. The molecular weight excluding hydrogens is 362 g/mol. The van der Waals surface area contributed by atoms with Gasteiger partial charge in [0.05, 0.1) is 23.7 Å². The molecule has 0 aliphatic heterocycles. The van der Waals surface area contributed by atoms with Gasteiger partial charge in [0.1, 0.15) is 5.75 Å². The Bertz CT molecular complexity index is 1150. The largest absolute Gasteiger partial charge is 0.478 e. The standard InChI is InChI=1S/C20H19N3O5/c1-3-27-19(25)13(2)28-17-11-7-4-8-14(17)12-21-23-18(24)15-9-5-6-10-16(15)22-20(23)26/h4-13H,3H2,1-2H3,(H,22,26)/t13-/m1/s1. The number of carbonyl (C=O) groups excluding carboxylic acids is 1. The number of aromatic amines is 1. The van der Waals surface area contributed by atoms with Crippen molar-refractivity contribution in [2.24, 2.45) is 5.10 Å². The zero-order valence-electron chi connectivity index (χ0n) is 15.4. The Kier molecular flexibility index (Phi) is 5.69. The van der Waals surface area contributed by atoms with Crippen LogP contribution in [0.1, 0.15) is 19.4 Å². The molecule has 0 unspecified atom stereocenters. The number of carbonyl (C=O) groups is 1. The lowest BCUT2D eigenvalue weighted by Gasteiger charge is -2.14. The van der Waals surface area contributed by atoms with Gasteiger partial charge in [-0.25, -0.2) is 9.59 Å². The van der Waals surface area contributed by atoms with E-state index in [4.69, 9.17) is 9.47 Å². The summed E-state index contributed by atoms with van der Waals surface area (Å²) in [4.78, 5) is 39.1. The van der Waals surface area contributed by atoms with E-state index >= 15 is 0 Å². The summed E-state index contributed by atoms with van der Waals surface area (Å²) >= 11 is 0. The number of H-pyrrole nitrogens is 1. The van der Waals surface area contributed by atoms with Gasteiger partial charge < -0.3 is 14.5 Å². The molecule has 1 aromatic heterocycles. The van der Waals surface area contributed by atoms with Gasteiger partial charge in [-0.1, -0.05) is 24.3 Å². The van der Waals surface area contributed by atoms with E-state index in [2.05, 4.69) is 10.1 Å². The number of ether oxygens (including phenoxy) is 2. The summed E-state index contributed by atoms with van der Waals surface area (Å²) in [5.74, 6) is -0.117. The van der Waals surface area contributed by atoms with Crippen LogP contribution in [0.3, 0.4) is 0 Å². The summed E-state index contributed by atoms with van der Waals surface area (Å²) in [6, 6.07) is 13.5. The predicted octanol–water partition coefficient (Wildman–Crippen LogP) is 1.90. The number of hydrogen-bond acceptors (Lipinski definition) is 6. The van der Waals surface area contributed by atoms with Crippen LogP contribution in [-0.2, 0) is 9.53 Å². The highest BCUT2D eigenvalue weighted by molar-refractivity contribution is 5.84. The number of hydrogen-bond donors (Lipinski definition) is 1. The van der Waals surface area contributed by atoms with Crippen molar-refractivity contribution in [3.05, 3.63) is 74.9 Å². The summed E-state index contributed by atoms with van der Waals surface area (Å²) in [5.41, 5.74) is -0.249. The first-order valence-corrected chi connectivity index (χ1v) is 8.72. The molecule has 28 heavy (non-hydrogen) atoms. The Hall–Kier alpha value is -3.68. The minimum Gasteiger partial charge on any atom is -0.478 e. The van der Waals surface area contributed by atoms with Gasteiger partial charge in [-0.3, -0.25) is 4.79 Å². The Morgan fingerprint density at radius 1 is 1.18 bits per heavy atom. The molecule has 8 heteroatoms. The van der Waals surface area contributed by atoms with Gasteiger partial charge in [0.15, 0.2) is 6.10 Å². The maximum atomic E-state index is 12.5. The Morgan fingerprint density at radius 2 is 1.89 bits per heavy atom. The average Bonchev–Trinajstić information content (AvgIpc) is 2.69. The summed E-state index contributed by atoms with van der Waals surface area (Å²) in [6.07, 6.45) is 0.514. The second kappa shape index (κ2) is 8.34. The van der Waals surface area contributed by atoms with Crippen molar-refractivity contribution < 1.29 is 14.3 Å². The Balaban J connectivity index is 1.94. The Labute approximate surface area is 160 Å². The third-order valence-electron chi connectivity index (χ3n) is 3.94. The minimum atomic E-state index is -0.818. The fraction of sp³-hybridized carbons (Fsp3) is 0.200. The van der Waals surface area contributed by atoms with Crippen molar-refractivity contribution in [3.63, 3.8) is 0 Å². The normalized spacial score (nSPS) is 12.2. The molecule has 0 radical (unpaired) electrons. The molecule has 0 saturated heterocycles. The van der Waals surface area contributed by atoms with Crippen molar-refractivity contribution in [3.8, 4) is 5.75 Å². The summed E-state index contributed by atoms with van der Waals surface area (Å²) in [7, 11) is 0. The number of fused-ring (bicyclic) bond motifs is 1. The number of esters is 1. The second-order valence-corrected chi connectivity index (χ2v) is 5.89. The van der Waals surface area contributed by atoms with Crippen LogP contribution in [0.15, 0.2) is 63.2 Å². The SMILES string of the molecule is CCOC(=O)[C@@H](C)Oc1ccccc1C=Nn1c(=O)[nH]c2ccccc2c1=O. The van der Waals surface area contributed by atoms with Gasteiger partial charge in [-0.2, -0.15) is 5.10 Å². The van der Waals surface area contributed by atoms with Crippen molar-refractivity contribution >= 4 is 23.1 Å². The lowest BCUT2D eigenvalue weighted by atomic mass is 10.2. The molecule has 1 atom stereocenters. The monoisotopic (exact) mass is 381 g/mol. The van der Waals surface area contributed by atoms with Crippen LogP contribution in [0.2, 0.25) is 0 Å². The van der Waals surface area contributed by atoms with Crippen LogP contribution in [0.4, 0.5) is 0 Å². The van der Waals surface area contributed by atoms with Crippen LogP contribution in [-0.4, -0.2) is 34.6 Å². The maximum Gasteiger partial charge on any atom is 0.349 e. The average molecular weight is 381 g/mol. The molecule has 0 bridgehead atoms. The van der Waals surface area contributed by atoms with E-state index in [0.717, 1.165) is 4.68 Å². The van der Waals surface area contributed by atoms with E-state index in [9.17, 15) is 14.4 Å².